The molecule has 0 amide bonds. The summed E-state index contributed by atoms with van der Waals surface area (Å²) in [7, 11) is 0. The lowest BCUT2D eigenvalue weighted by atomic mass is 9.52. The van der Waals surface area contributed by atoms with Gasteiger partial charge in [0, 0.05) is 12.0 Å². The third-order valence-corrected chi connectivity index (χ3v) is 6.96. The van der Waals surface area contributed by atoms with Crippen LogP contribution in [0, 0.1) is 29.1 Å². The number of benzene rings is 1. The van der Waals surface area contributed by atoms with Crippen LogP contribution in [0.4, 0.5) is 0 Å². The molecule has 0 spiro atoms. The van der Waals surface area contributed by atoms with Crippen molar-refractivity contribution in [2.24, 2.45) is 29.1 Å². The van der Waals surface area contributed by atoms with Crippen LogP contribution in [-0.2, 0) is 14.3 Å². The van der Waals surface area contributed by atoms with Crippen LogP contribution in [0.3, 0.4) is 0 Å². The first kappa shape index (κ1) is 20.6. The maximum absolute atomic E-state index is 12.7. The van der Waals surface area contributed by atoms with Crippen molar-refractivity contribution in [3.8, 4) is 0 Å². The topological polar surface area (TPSA) is 63.6 Å². The van der Waals surface area contributed by atoms with E-state index in [1.807, 2.05) is 30.3 Å². The van der Waals surface area contributed by atoms with Gasteiger partial charge in [-0.15, -0.1) is 0 Å². The smallest absolute Gasteiger partial charge is 0.331 e. The molecule has 2 fully saturated rings. The molecule has 0 aromatic heterocycles. The number of carbonyl (C=O) groups is 2. The van der Waals surface area contributed by atoms with Gasteiger partial charge in [-0.2, -0.15) is 0 Å². The van der Waals surface area contributed by atoms with Crippen molar-refractivity contribution in [1.29, 1.82) is 0 Å². The Labute approximate surface area is 168 Å². The third kappa shape index (κ3) is 4.31. The average molecular weight is 385 g/mol. The molecule has 2 aliphatic rings. The minimum absolute atomic E-state index is 0.0687. The zero-order valence-electron chi connectivity index (χ0n) is 17.1. The number of hydrogen-bond donors (Lipinski definition) is 1. The van der Waals surface area contributed by atoms with Crippen LogP contribution in [0.2, 0.25) is 0 Å². The van der Waals surface area contributed by atoms with Gasteiger partial charge in [0.1, 0.15) is 6.10 Å². The fraction of sp³-hybridized carbons (Fsp3) is 0.583. The number of fused-ring (bicyclic) bond motifs is 1. The molecule has 4 nitrogen and oxygen atoms in total. The van der Waals surface area contributed by atoms with Crippen LogP contribution in [0.25, 0.3) is 6.08 Å². The summed E-state index contributed by atoms with van der Waals surface area (Å²) < 4.78 is 6.01. The van der Waals surface area contributed by atoms with Crippen LogP contribution < -0.4 is 0 Å². The van der Waals surface area contributed by atoms with Crippen LogP contribution >= 0.6 is 0 Å². The Bertz CT molecular complexity index is 723. The molecule has 0 heterocycles. The predicted octanol–water partition coefficient (Wildman–Crippen LogP) is 5.18. The van der Waals surface area contributed by atoms with Gasteiger partial charge >= 0.3 is 11.9 Å². The summed E-state index contributed by atoms with van der Waals surface area (Å²) >= 11 is 0. The van der Waals surface area contributed by atoms with Gasteiger partial charge in [-0.3, -0.25) is 4.79 Å². The van der Waals surface area contributed by atoms with E-state index in [4.69, 9.17) is 4.74 Å². The Morgan fingerprint density at radius 1 is 1.18 bits per heavy atom. The minimum atomic E-state index is -0.749. The molecule has 1 aromatic carbocycles. The zero-order chi connectivity index (χ0) is 20.3. The molecule has 0 aliphatic heterocycles. The highest BCUT2D eigenvalue weighted by Gasteiger charge is 2.55. The molecule has 152 valence electrons. The minimum Gasteiger partial charge on any atom is -0.481 e. The van der Waals surface area contributed by atoms with E-state index < -0.39 is 11.9 Å². The first-order chi connectivity index (χ1) is 13.3. The van der Waals surface area contributed by atoms with Crippen LogP contribution in [-0.4, -0.2) is 23.1 Å². The standard InChI is InChI=1S/C24H32O4/c1-16(2)18-13-15-24(3)14-7-10-19(23(26)27)21(24)22(18)28-20(25)12-11-17-8-5-4-6-9-17/h4-6,8-9,11-12,16,18-19,21-22H,7,10,13-15H2,1-3H3,(H,26,27). The monoisotopic (exact) mass is 384 g/mol. The van der Waals surface area contributed by atoms with Crippen LogP contribution in [0.5, 0.6) is 0 Å². The molecule has 0 saturated heterocycles. The quantitative estimate of drug-likeness (QED) is 0.561. The van der Waals surface area contributed by atoms with Crippen molar-refractivity contribution in [2.75, 3.05) is 0 Å². The van der Waals surface area contributed by atoms with Crippen molar-refractivity contribution >= 4 is 18.0 Å². The lowest BCUT2D eigenvalue weighted by molar-refractivity contribution is -0.180. The Balaban J connectivity index is 1.85. The summed E-state index contributed by atoms with van der Waals surface area (Å²) in [4.78, 5) is 24.7. The molecule has 0 bridgehead atoms. The van der Waals surface area contributed by atoms with Crippen LogP contribution in [0.15, 0.2) is 36.4 Å². The molecule has 2 saturated carbocycles. The van der Waals surface area contributed by atoms with Gasteiger partial charge in [0.25, 0.3) is 0 Å². The lowest BCUT2D eigenvalue weighted by Crippen LogP contribution is -2.54. The van der Waals surface area contributed by atoms with Gasteiger partial charge in [0.05, 0.1) is 5.92 Å². The molecule has 4 heteroatoms. The molecule has 2 aliphatic carbocycles. The molecular weight excluding hydrogens is 352 g/mol. The van der Waals surface area contributed by atoms with E-state index in [0.717, 1.165) is 31.2 Å². The number of carbonyl (C=O) groups excluding carboxylic acids is 1. The van der Waals surface area contributed by atoms with E-state index in [2.05, 4.69) is 20.8 Å². The van der Waals surface area contributed by atoms with E-state index >= 15 is 0 Å². The number of hydrogen-bond acceptors (Lipinski definition) is 3. The SMILES string of the molecule is CC(C)C1CCC2(C)CCCC(C(=O)O)C2C1OC(=O)C=Cc1ccccc1. The summed E-state index contributed by atoms with van der Waals surface area (Å²) in [5.74, 6) is -1.13. The summed E-state index contributed by atoms with van der Waals surface area (Å²) in [6.07, 6.45) is 7.50. The fourth-order valence-corrected chi connectivity index (χ4v) is 5.45. The van der Waals surface area contributed by atoms with Crippen molar-refractivity contribution in [2.45, 2.75) is 59.0 Å². The first-order valence-corrected chi connectivity index (χ1v) is 10.5. The van der Waals surface area contributed by atoms with Crippen molar-refractivity contribution in [1.82, 2.24) is 0 Å². The highest BCUT2D eigenvalue weighted by Crippen LogP contribution is 2.56. The van der Waals surface area contributed by atoms with Crippen LogP contribution in [0.1, 0.15) is 58.4 Å². The lowest BCUT2D eigenvalue weighted by Gasteiger charge is -2.54. The highest BCUT2D eigenvalue weighted by atomic mass is 16.5. The summed E-state index contributed by atoms with van der Waals surface area (Å²) in [6, 6.07) is 9.64. The maximum Gasteiger partial charge on any atom is 0.331 e. The summed E-state index contributed by atoms with van der Waals surface area (Å²) in [6.45, 7) is 6.49. The molecule has 0 radical (unpaired) electrons. The van der Waals surface area contributed by atoms with Crippen molar-refractivity contribution < 1.29 is 19.4 Å². The van der Waals surface area contributed by atoms with Gasteiger partial charge in [0.2, 0.25) is 0 Å². The van der Waals surface area contributed by atoms with Crippen molar-refractivity contribution in [3.63, 3.8) is 0 Å². The average Bonchev–Trinajstić information content (AvgIpc) is 2.66. The number of aliphatic carboxylic acids is 1. The second kappa shape index (κ2) is 8.50. The predicted molar refractivity (Wildman–Crippen MR) is 109 cm³/mol. The molecule has 1 aromatic rings. The van der Waals surface area contributed by atoms with E-state index in [9.17, 15) is 14.7 Å². The summed E-state index contributed by atoms with van der Waals surface area (Å²) in [5, 5.41) is 9.87. The van der Waals surface area contributed by atoms with Crippen molar-refractivity contribution in [3.05, 3.63) is 42.0 Å². The second-order valence-electron chi connectivity index (χ2n) is 9.11. The Morgan fingerprint density at radius 2 is 1.89 bits per heavy atom. The normalized spacial score (nSPS) is 32.9. The maximum atomic E-state index is 12.7. The largest absolute Gasteiger partial charge is 0.481 e. The zero-order valence-corrected chi connectivity index (χ0v) is 17.1. The Morgan fingerprint density at radius 3 is 2.54 bits per heavy atom. The highest BCUT2D eigenvalue weighted by molar-refractivity contribution is 5.87. The van der Waals surface area contributed by atoms with E-state index in [1.54, 1.807) is 6.08 Å². The molecular formula is C24H32O4. The number of rotatable bonds is 5. The molecule has 28 heavy (non-hydrogen) atoms. The number of ether oxygens (including phenoxy) is 1. The number of esters is 1. The van der Waals surface area contributed by atoms with E-state index in [-0.39, 0.29) is 29.3 Å². The van der Waals surface area contributed by atoms with Gasteiger partial charge in [-0.1, -0.05) is 57.5 Å². The van der Waals surface area contributed by atoms with E-state index in [0.29, 0.717) is 12.3 Å². The number of carboxylic acids is 1. The van der Waals surface area contributed by atoms with E-state index in [1.165, 1.54) is 6.08 Å². The Kier molecular flexibility index (Phi) is 6.26. The fourth-order valence-electron chi connectivity index (χ4n) is 5.45. The molecule has 5 unspecified atom stereocenters. The third-order valence-electron chi connectivity index (χ3n) is 6.96. The van der Waals surface area contributed by atoms with Gasteiger partial charge in [0.15, 0.2) is 0 Å². The molecule has 5 atom stereocenters. The molecule has 3 rings (SSSR count). The Hall–Kier alpha value is -2.10. The first-order valence-electron chi connectivity index (χ1n) is 10.5. The number of carboxylic acid groups (broad SMARTS) is 1. The van der Waals surface area contributed by atoms with Gasteiger partial charge < -0.3 is 9.84 Å². The molecule has 1 N–H and O–H groups in total. The summed E-state index contributed by atoms with van der Waals surface area (Å²) in [5.41, 5.74) is 0.871. The van der Waals surface area contributed by atoms with Gasteiger partial charge in [-0.25, -0.2) is 4.79 Å². The van der Waals surface area contributed by atoms with Gasteiger partial charge in [-0.05, 0) is 54.6 Å². The second-order valence-corrected chi connectivity index (χ2v) is 9.11.